The minimum atomic E-state index is -3.69. The molecular weight excluding hydrogens is 167 g/mol. The molecule has 0 aliphatic carbocycles. The predicted octanol–water partition coefficient (Wildman–Crippen LogP) is 1.96. The minimum absolute atomic E-state index is 0.188. The minimum Gasteiger partial charge on any atom is -0.302 e. The van der Waals surface area contributed by atoms with Crippen LogP contribution in [0.15, 0.2) is 13.2 Å². The Hall–Kier alpha value is -0.150. The molecule has 0 aliphatic rings. The van der Waals surface area contributed by atoms with Gasteiger partial charge in [0.2, 0.25) is 0 Å². The molecule has 0 unspecified atom stereocenters. The Kier molecular flexibility index (Phi) is 9.72. The third kappa shape index (κ3) is 9.85. The second-order valence-corrected chi connectivity index (χ2v) is 2.76. The van der Waals surface area contributed by atoms with Crippen molar-refractivity contribution >= 4 is 7.82 Å². The SMILES string of the molecule is C=C.CCOP(=O)(O)OCC. The summed E-state index contributed by atoms with van der Waals surface area (Å²) in [4.78, 5) is 8.63. The van der Waals surface area contributed by atoms with E-state index in [0.29, 0.717) is 0 Å². The summed E-state index contributed by atoms with van der Waals surface area (Å²) in [7, 11) is -3.69. The molecule has 0 atom stereocenters. The lowest BCUT2D eigenvalue weighted by Crippen LogP contribution is -1.93. The van der Waals surface area contributed by atoms with Gasteiger partial charge in [-0.2, -0.15) is 0 Å². The molecule has 0 aromatic rings. The molecule has 0 aliphatic heterocycles. The highest BCUT2D eigenvalue weighted by Gasteiger charge is 2.17. The molecular formula is C6H15O4P. The number of phosphoric ester groups is 1. The van der Waals surface area contributed by atoms with Crippen molar-refractivity contribution in [2.75, 3.05) is 13.2 Å². The molecule has 4 nitrogen and oxygen atoms in total. The molecule has 0 spiro atoms. The molecule has 0 bridgehead atoms. The molecule has 1 N–H and O–H groups in total. The molecule has 0 saturated carbocycles. The average Bonchev–Trinajstić information content (AvgIpc) is 1.91. The number of hydrogen-bond acceptors (Lipinski definition) is 3. The fraction of sp³-hybridized carbons (Fsp3) is 0.667. The Labute approximate surface area is 67.5 Å². The lowest BCUT2D eigenvalue weighted by atomic mass is 10.9. The summed E-state index contributed by atoms with van der Waals surface area (Å²) in [6.45, 7) is 9.63. The van der Waals surface area contributed by atoms with Crippen LogP contribution < -0.4 is 0 Å². The van der Waals surface area contributed by atoms with Gasteiger partial charge in [-0.25, -0.2) is 4.57 Å². The highest BCUT2D eigenvalue weighted by atomic mass is 31.2. The third-order valence-corrected chi connectivity index (χ3v) is 1.75. The van der Waals surface area contributed by atoms with E-state index < -0.39 is 7.82 Å². The molecule has 0 aromatic heterocycles. The molecule has 0 amide bonds. The summed E-state index contributed by atoms with van der Waals surface area (Å²) in [5.74, 6) is 0. The van der Waals surface area contributed by atoms with Crippen molar-refractivity contribution in [1.29, 1.82) is 0 Å². The molecule has 11 heavy (non-hydrogen) atoms. The number of hydrogen-bond donors (Lipinski definition) is 1. The number of rotatable bonds is 4. The lowest BCUT2D eigenvalue weighted by Gasteiger charge is -2.07. The zero-order chi connectivity index (χ0) is 9.33. The van der Waals surface area contributed by atoms with Crippen LogP contribution in [0.3, 0.4) is 0 Å². The Morgan fingerprint density at radius 3 is 1.73 bits per heavy atom. The lowest BCUT2D eigenvalue weighted by molar-refractivity contribution is 0.161. The van der Waals surface area contributed by atoms with Crippen molar-refractivity contribution in [3.8, 4) is 0 Å². The molecule has 0 fully saturated rings. The zero-order valence-corrected chi connectivity index (χ0v) is 7.84. The van der Waals surface area contributed by atoms with Crippen LogP contribution >= 0.6 is 7.82 Å². The van der Waals surface area contributed by atoms with Crippen LogP contribution in [-0.2, 0) is 13.6 Å². The van der Waals surface area contributed by atoms with E-state index in [1.807, 2.05) is 0 Å². The Balaban J connectivity index is 0. The van der Waals surface area contributed by atoms with E-state index in [-0.39, 0.29) is 13.2 Å². The van der Waals surface area contributed by atoms with Gasteiger partial charge in [0.1, 0.15) is 0 Å². The summed E-state index contributed by atoms with van der Waals surface area (Å²) in [6.07, 6.45) is 0. The van der Waals surface area contributed by atoms with Gasteiger partial charge >= 0.3 is 7.82 Å². The quantitative estimate of drug-likeness (QED) is 0.533. The summed E-state index contributed by atoms with van der Waals surface area (Å²) < 4.78 is 19.2. The summed E-state index contributed by atoms with van der Waals surface area (Å²) in [5, 5.41) is 0. The van der Waals surface area contributed by atoms with E-state index in [4.69, 9.17) is 4.89 Å². The first kappa shape index (κ1) is 13.4. The van der Waals surface area contributed by atoms with E-state index in [1.165, 1.54) is 0 Å². The van der Waals surface area contributed by atoms with Crippen molar-refractivity contribution in [3.05, 3.63) is 13.2 Å². The van der Waals surface area contributed by atoms with Crippen LogP contribution in [0.4, 0.5) is 0 Å². The Bertz CT molecular complexity index is 116. The topological polar surface area (TPSA) is 55.8 Å². The monoisotopic (exact) mass is 182 g/mol. The summed E-state index contributed by atoms with van der Waals surface area (Å²) >= 11 is 0. The number of phosphoric acid groups is 1. The molecule has 0 radical (unpaired) electrons. The largest absolute Gasteiger partial charge is 0.472 e. The fourth-order valence-electron chi connectivity index (χ4n) is 0.364. The normalized spacial score (nSPS) is 10.1. The fourth-order valence-corrected chi connectivity index (χ4v) is 1.09. The van der Waals surface area contributed by atoms with Crippen molar-refractivity contribution in [3.63, 3.8) is 0 Å². The highest BCUT2D eigenvalue weighted by molar-refractivity contribution is 7.47. The van der Waals surface area contributed by atoms with E-state index >= 15 is 0 Å². The van der Waals surface area contributed by atoms with Gasteiger partial charge in [0.05, 0.1) is 13.2 Å². The van der Waals surface area contributed by atoms with Gasteiger partial charge in [0.25, 0.3) is 0 Å². The smallest absolute Gasteiger partial charge is 0.302 e. The van der Waals surface area contributed by atoms with Gasteiger partial charge in [-0.05, 0) is 13.8 Å². The summed E-state index contributed by atoms with van der Waals surface area (Å²) in [5.41, 5.74) is 0. The molecule has 0 aromatic carbocycles. The van der Waals surface area contributed by atoms with Gasteiger partial charge in [-0.15, -0.1) is 13.2 Å². The second kappa shape index (κ2) is 7.95. The Morgan fingerprint density at radius 2 is 1.55 bits per heavy atom. The molecule has 0 rings (SSSR count). The molecule has 5 heteroatoms. The Morgan fingerprint density at radius 1 is 1.27 bits per heavy atom. The molecule has 0 saturated heterocycles. The van der Waals surface area contributed by atoms with Gasteiger partial charge < -0.3 is 4.89 Å². The van der Waals surface area contributed by atoms with Crippen molar-refractivity contribution in [1.82, 2.24) is 0 Å². The van der Waals surface area contributed by atoms with E-state index in [0.717, 1.165) is 0 Å². The van der Waals surface area contributed by atoms with Gasteiger partial charge in [0, 0.05) is 0 Å². The zero-order valence-electron chi connectivity index (χ0n) is 6.95. The first-order chi connectivity index (χ1) is 5.12. The van der Waals surface area contributed by atoms with Gasteiger partial charge in [-0.1, -0.05) is 0 Å². The standard InChI is InChI=1S/C4H11O4P.C2H4/c1-3-7-9(5,6)8-4-2;1-2/h3-4H2,1-2H3,(H,5,6);1-2H2. The first-order valence-electron chi connectivity index (χ1n) is 3.24. The van der Waals surface area contributed by atoms with Crippen LogP contribution in [0.25, 0.3) is 0 Å². The van der Waals surface area contributed by atoms with Crippen LogP contribution in [0, 0.1) is 0 Å². The molecule has 68 valence electrons. The summed E-state index contributed by atoms with van der Waals surface area (Å²) in [6, 6.07) is 0. The van der Waals surface area contributed by atoms with Crippen molar-refractivity contribution in [2.45, 2.75) is 13.8 Å². The van der Waals surface area contributed by atoms with E-state index in [9.17, 15) is 4.57 Å². The predicted molar refractivity (Wildman–Crippen MR) is 44.3 cm³/mol. The first-order valence-corrected chi connectivity index (χ1v) is 4.73. The van der Waals surface area contributed by atoms with Crippen LogP contribution in [0.5, 0.6) is 0 Å². The highest BCUT2D eigenvalue weighted by Crippen LogP contribution is 2.42. The third-order valence-electron chi connectivity index (χ3n) is 0.584. The van der Waals surface area contributed by atoms with Gasteiger partial charge in [-0.3, -0.25) is 9.05 Å². The maximum Gasteiger partial charge on any atom is 0.472 e. The maximum absolute atomic E-state index is 10.5. The maximum atomic E-state index is 10.5. The molecule has 0 heterocycles. The van der Waals surface area contributed by atoms with Crippen molar-refractivity contribution in [2.24, 2.45) is 0 Å². The van der Waals surface area contributed by atoms with Crippen LogP contribution in [0.2, 0.25) is 0 Å². The second-order valence-electron chi connectivity index (χ2n) is 1.30. The van der Waals surface area contributed by atoms with Crippen LogP contribution in [0.1, 0.15) is 13.8 Å². The van der Waals surface area contributed by atoms with Gasteiger partial charge in [0.15, 0.2) is 0 Å². The van der Waals surface area contributed by atoms with Crippen molar-refractivity contribution < 1.29 is 18.5 Å². The van der Waals surface area contributed by atoms with E-state index in [1.54, 1.807) is 13.8 Å². The van der Waals surface area contributed by atoms with Crippen LogP contribution in [-0.4, -0.2) is 18.1 Å². The average molecular weight is 182 g/mol. The van der Waals surface area contributed by atoms with E-state index in [2.05, 4.69) is 22.2 Å².